The third-order valence-corrected chi connectivity index (χ3v) is 4.81. The van der Waals surface area contributed by atoms with E-state index in [1.54, 1.807) is 0 Å². The molecule has 24 heavy (non-hydrogen) atoms. The van der Waals surface area contributed by atoms with Crippen molar-refractivity contribution in [3.05, 3.63) is 35.9 Å². The Bertz CT molecular complexity index is 358. The molecule has 1 rings (SSSR count). The molecule has 0 saturated carbocycles. The lowest BCUT2D eigenvalue weighted by atomic mass is 10.0. The van der Waals surface area contributed by atoms with Gasteiger partial charge in [0.15, 0.2) is 0 Å². The molecular weight excluding hydrogens is 290 g/mol. The van der Waals surface area contributed by atoms with Crippen molar-refractivity contribution < 1.29 is 0 Å². The van der Waals surface area contributed by atoms with Gasteiger partial charge in [0.2, 0.25) is 0 Å². The standard InChI is InChI=1S/C23H41N/c1-22(2)17-13-10-8-6-4-3-5-7-9-11-16-20-24-21-23-18-14-12-15-19-23/h12,14-15,18-19,22,24H,3-11,13,16-17,20-21H2,1-2H3. The Hall–Kier alpha value is -0.820. The largest absolute Gasteiger partial charge is 0.313 e. The Kier molecular flexibility index (Phi) is 13.9. The Balaban J connectivity index is 1.72. The van der Waals surface area contributed by atoms with Crippen molar-refractivity contribution in [2.24, 2.45) is 5.92 Å². The predicted octanol–water partition coefficient (Wildman–Crippen LogP) is 7.11. The van der Waals surface area contributed by atoms with Crippen LogP contribution >= 0.6 is 0 Å². The van der Waals surface area contributed by atoms with Gasteiger partial charge in [0.1, 0.15) is 0 Å². The quantitative estimate of drug-likeness (QED) is 0.318. The van der Waals surface area contributed by atoms with Crippen LogP contribution in [0.1, 0.15) is 96.5 Å². The fraction of sp³-hybridized carbons (Fsp3) is 0.739. The van der Waals surface area contributed by atoms with Crippen LogP contribution < -0.4 is 5.32 Å². The molecule has 1 aromatic carbocycles. The smallest absolute Gasteiger partial charge is 0.0205 e. The normalized spacial score (nSPS) is 11.3. The van der Waals surface area contributed by atoms with Crippen molar-refractivity contribution in [2.45, 2.75) is 97.4 Å². The van der Waals surface area contributed by atoms with Crippen LogP contribution in [-0.2, 0) is 6.54 Å². The summed E-state index contributed by atoms with van der Waals surface area (Å²) in [6.07, 6.45) is 17.2. The average molecular weight is 332 g/mol. The molecule has 0 unspecified atom stereocenters. The summed E-state index contributed by atoms with van der Waals surface area (Å²) in [6.45, 7) is 6.84. The van der Waals surface area contributed by atoms with Gasteiger partial charge < -0.3 is 5.32 Å². The maximum absolute atomic E-state index is 3.54. The van der Waals surface area contributed by atoms with E-state index < -0.39 is 0 Å². The van der Waals surface area contributed by atoms with Crippen LogP contribution in [0, 0.1) is 5.92 Å². The van der Waals surface area contributed by atoms with Gasteiger partial charge in [-0.1, -0.05) is 115 Å². The molecule has 0 heterocycles. The number of hydrogen-bond acceptors (Lipinski definition) is 1. The molecule has 0 aromatic heterocycles. The molecule has 0 fully saturated rings. The van der Waals surface area contributed by atoms with Gasteiger partial charge in [0, 0.05) is 6.54 Å². The van der Waals surface area contributed by atoms with Crippen molar-refractivity contribution >= 4 is 0 Å². The second-order valence-corrected chi connectivity index (χ2v) is 7.73. The molecule has 0 aliphatic heterocycles. The highest BCUT2D eigenvalue weighted by Gasteiger charge is 1.96. The molecule has 138 valence electrons. The highest BCUT2D eigenvalue weighted by Crippen LogP contribution is 2.13. The van der Waals surface area contributed by atoms with E-state index in [0.717, 1.165) is 19.0 Å². The van der Waals surface area contributed by atoms with Crippen LogP contribution in [-0.4, -0.2) is 6.54 Å². The molecule has 1 aromatic rings. The second-order valence-electron chi connectivity index (χ2n) is 7.73. The first kappa shape index (κ1) is 21.2. The van der Waals surface area contributed by atoms with Crippen LogP contribution in [0.3, 0.4) is 0 Å². The Labute approximate surface area is 151 Å². The van der Waals surface area contributed by atoms with Crippen molar-refractivity contribution in [1.82, 2.24) is 5.32 Å². The van der Waals surface area contributed by atoms with Crippen molar-refractivity contribution in [3.63, 3.8) is 0 Å². The van der Waals surface area contributed by atoms with E-state index in [9.17, 15) is 0 Å². The molecule has 0 aliphatic carbocycles. The highest BCUT2D eigenvalue weighted by molar-refractivity contribution is 5.14. The van der Waals surface area contributed by atoms with E-state index in [1.807, 2.05) is 0 Å². The summed E-state index contributed by atoms with van der Waals surface area (Å²) < 4.78 is 0. The van der Waals surface area contributed by atoms with Crippen LogP contribution in [0.4, 0.5) is 0 Å². The highest BCUT2D eigenvalue weighted by atomic mass is 14.8. The Morgan fingerprint density at radius 1 is 0.667 bits per heavy atom. The van der Waals surface area contributed by atoms with Crippen molar-refractivity contribution in [2.75, 3.05) is 6.54 Å². The number of benzene rings is 1. The zero-order chi connectivity index (χ0) is 17.3. The van der Waals surface area contributed by atoms with Crippen LogP contribution in [0.5, 0.6) is 0 Å². The Morgan fingerprint density at radius 2 is 1.17 bits per heavy atom. The molecule has 0 radical (unpaired) electrons. The summed E-state index contributed by atoms with van der Waals surface area (Å²) in [6, 6.07) is 10.7. The molecule has 0 atom stereocenters. The summed E-state index contributed by atoms with van der Waals surface area (Å²) >= 11 is 0. The fourth-order valence-corrected chi connectivity index (χ4v) is 3.22. The lowest BCUT2D eigenvalue weighted by Crippen LogP contribution is -2.14. The van der Waals surface area contributed by atoms with Gasteiger partial charge in [-0.25, -0.2) is 0 Å². The van der Waals surface area contributed by atoms with Crippen LogP contribution in [0.25, 0.3) is 0 Å². The van der Waals surface area contributed by atoms with Crippen LogP contribution in [0.15, 0.2) is 30.3 Å². The van der Waals surface area contributed by atoms with E-state index in [1.165, 1.54) is 82.6 Å². The lowest BCUT2D eigenvalue weighted by Gasteiger charge is -2.06. The summed E-state index contributed by atoms with van der Waals surface area (Å²) in [5.41, 5.74) is 1.39. The molecule has 1 N–H and O–H groups in total. The molecule has 0 spiro atoms. The maximum Gasteiger partial charge on any atom is 0.0205 e. The van der Waals surface area contributed by atoms with Crippen molar-refractivity contribution in [3.8, 4) is 0 Å². The molecule has 0 bridgehead atoms. The van der Waals surface area contributed by atoms with Crippen LogP contribution in [0.2, 0.25) is 0 Å². The van der Waals surface area contributed by atoms with E-state index in [-0.39, 0.29) is 0 Å². The zero-order valence-electron chi connectivity index (χ0n) is 16.4. The van der Waals surface area contributed by atoms with Gasteiger partial charge in [-0.3, -0.25) is 0 Å². The monoisotopic (exact) mass is 331 g/mol. The zero-order valence-corrected chi connectivity index (χ0v) is 16.4. The summed E-state index contributed by atoms with van der Waals surface area (Å²) in [5.74, 6) is 0.888. The minimum Gasteiger partial charge on any atom is -0.313 e. The number of unbranched alkanes of at least 4 members (excludes halogenated alkanes) is 10. The third kappa shape index (κ3) is 13.6. The number of nitrogens with one attached hydrogen (secondary N) is 1. The number of hydrogen-bond donors (Lipinski definition) is 1. The lowest BCUT2D eigenvalue weighted by molar-refractivity contribution is 0.503. The molecule has 0 amide bonds. The van der Waals surface area contributed by atoms with Gasteiger partial charge in [0.05, 0.1) is 0 Å². The van der Waals surface area contributed by atoms with E-state index >= 15 is 0 Å². The minimum atomic E-state index is 0.888. The van der Waals surface area contributed by atoms with Gasteiger partial charge in [-0.05, 0) is 24.4 Å². The summed E-state index contributed by atoms with van der Waals surface area (Å²) in [7, 11) is 0. The maximum atomic E-state index is 3.54. The predicted molar refractivity (Wildman–Crippen MR) is 108 cm³/mol. The molecule has 1 nitrogen and oxygen atoms in total. The van der Waals surface area contributed by atoms with Gasteiger partial charge in [0.25, 0.3) is 0 Å². The van der Waals surface area contributed by atoms with Gasteiger partial charge in [-0.2, -0.15) is 0 Å². The number of rotatable bonds is 16. The molecule has 0 saturated heterocycles. The van der Waals surface area contributed by atoms with Crippen molar-refractivity contribution in [1.29, 1.82) is 0 Å². The SMILES string of the molecule is CC(C)CCCCCCCCCCCCCNCc1ccccc1. The molecular formula is C23H41N. The topological polar surface area (TPSA) is 12.0 Å². The van der Waals surface area contributed by atoms with E-state index in [2.05, 4.69) is 49.5 Å². The first-order valence-electron chi connectivity index (χ1n) is 10.5. The Morgan fingerprint density at radius 3 is 1.71 bits per heavy atom. The average Bonchev–Trinajstić information content (AvgIpc) is 2.59. The minimum absolute atomic E-state index is 0.888. The molecule has 0 aliphatic rings. The third-order valence-electron chi connectivity index (χ3n) is 4.81. The van der Waals surface area contributed by atoms with E-state index in [4.69, 9.17) is 0 Å². The van der Waals surface area contributed by atoms with E-state index in [0.29, 0.717) is 0 Å². The van der Waals surface area contributed by atoms with Gasteiger partial charge >= 0.3 is 0 Å². The van der Waals surface area contributed by atoms with Gasteiger partial charge in [-0.15, -0.1) is 0 Å². The first-order chi connectivity index (χ1) is 11.8. The first-order valence-corrected chi connectivity index (χ1v) is 10.5. The summed E-state index contributed by atoms with van der Waals surface area (Å²) in [5, 5.41) is 3.54. The summed E-state index contributed by atoms with van der Waals surface area (Å²) in [4.78, 5) is 0. The second kappa shape index (κ2) is 15.7. The molecule has 1 heteroatoms. The fourth-order valence-electron chi connectivity index (χ4n) is 3.22.